The Bertz CT molecular complexity index is 399. The van der Waals surface area contributed by atoms with Crippen LogP contribution in [0.15, 0.2) is 29.3 Å². The SMILES string of the molecule is Cc1ccccc1NC1=N[C@@H](C(C)C)CS1. The maximum atomic E-state index is 4.69. The molecule has 2 nitrogen and oxygen atoms in total. The first-order chi connectivity index (χ1) is 7.66. The summed E-state index contributed by atoms with van der Waals surface area (Å²) in [5.74, 6) is 1.73. The third kappa shape index (κ3) is 2.59. The maximum Gasteiger partial charge on any atom is 0.161 e. The van der Waals surface area contributed by atoms with Gasteiger partial charge in [0.25, 0.3) is 0 Å². The van der Waals surface area contributed by atoms with Crippen LogP contribution in [0.25, 0.3) is 0 Å². The van der Waals surface area contributed by atoms with Crippen molar-refractivity contribution in [1.82, 2.24) is 0 Å². The Morgan fingerprint density at radius 2 is 2.12 bits per heavy atom. The summed E-state index contributed by atoms with van der Waals surface area (Å²) in [6.45, 7) is 6.57. The summed E-state index contributed by atoms with van der Waals surface area (Å²) in [6, 6.07) is 8.79. The molecule has 1 aliphatic rings. The molecule has 1 aromatic carbocycles. The van der Waals surface area contributed by atoms with Gasteiger partial charge in [-0.15, -0.1) is 0 Å². The van der Waals surface area contributed by atoms with E-state index >= 15 is 0 Å². The second-order valence-electron chi connectivity index (χ2n) is 4.50. The van der Waals surface area contributed by atoms with Gasteiger partial charge in [0.1, 0.15) is 0 Å². The summed E-state index contributed by atoms with van der Waals surface area (Å²) in [7, 11) is 0. The van der Waals surface area contributed by atoms with Crippen LogP contribution < -0.4 is 5.32 Å². The molecule has 1 aliphatic heterocycles. The van der Waals surface area contributed by atoms with E-state index in [4.69, 9.17) is 4.99 Å². The van der Waals surface area contributed by atoms with E-state index in [1.807, 2.05) is 11.8 Å². The topological polar surface area (TPSA) is 24.4 Å². The molecule has 2 rings (SSSR count). The van der Waals surface area contributed by atoms with Crippen LogP contribution >= 0.6 is 11.8 Å². The van der Waals surface area contributed by atoms with Gasteiger partial charge in [0, 0.05) is 11.4 Å². The number of rotatable bonds is 2. The minimum absolute atomic E-state index is 0.469. The number of benzene rings is 1. The molecule has 0 aromatic heterocycles. The van der Waals surface area contributed by atoms with E-state index in [2.05, 4.69) is 50.4 Å². The fraction of sp³-hybridized carbons (Fsp3) is 0.462. The average molecular weight is 234 g/mol. The normalized spacial score (nSPS) is 20.0. The van der Waals surface area contributed by atoms with E-state index < -0.39 is 0 Å². The molecule has 0 saturated carbocycles. The van der Waals surface area contributed by atoms with Crippen molar-refractivity contribution in [3.05, 3.63) is 29.8 Å². The molecule has 0 spiro atoms. The largest absolute Gasteiger partial charge is 0.335 e. The zero-order valence-corrected chi connectivity index (χ0v) is 10.8. The average Bonchev–Trinajstić information content (AvgIpc) is 2.70. The Kier molecular flexibility index (Phi) is 3.54. The number of nitrogens with one attached hydrogen (secondary N) is 1. The lowest BCUT2D eigenvalue weighted by Crippen LogP contribution is -2.12. The highest BCUT2D eigenvalue weighted by Crippen LogP contribution is 2.25. The Morgan fingerprint density at radius 3 is 2.75 bits per heavy atom. The van der Waals surface area contributed by atoms with Gasteiger partial charge < -0.3 is 5.32 Å². The quantitative estimate of drug-likeness (QED) is 0.846. The minimum Gasteiger partial charge on any atom is -0.335 e. The lowest BCUT2D eigenvalue weighted by atomic mass is 10.1. The van der Waals surface area contributed by atoms with Gasteiger partial charge in [0.05, 0.1) is 6.04 Å². The van der Waals surface area contributed by atoms with Gasteiger partial charge in [0.2, 0.25) is 0 Å². The molecule has 16 heavy (non-hydrogen) atoms. The molecule has 0 amide bonds. The zero-order chi connectivity index (χ0) is 11.5. The monoisotopic (exact) mass is 234 g/mol. The van der Waals surface area contributed by atoms with Crippen LogP contribution in [0.3, 0.4) is 0 Å². The molecule has 1 aromatic rings. The number of thioether (sulfide) groups is 1. The fourth-order valence-corrected chi connectivity index (χ4v) is 2.81. The van der Waals surface area contributed by atoms with Crippen LogP contribution in [0.4, 0.5) is 5.69 Å². The first-order valence-electron chi connectivity index (χ1n) is 5.70. The standard InChI is InChI=1S/C13H18N2S/c1-9(2)12-8-16-13(15-12)14-11-7-5-4-6-10(11)3/h4-7,9,12H,8H2,1-3H3,(H,14,15)/t12-/m1/s1. The van der Waals surface area contributed by atoms with Crippen molar-refractivity contribution in [1.29, 1.82) is 0 Å². The highest BCUT2D eigenvalue weighted by molar-refractivity contribution is 8.14. The Morgan fingerprint density at radius 1 is 1.38 bits per heavy atom. The number of nitrogens with zero attached hydrogens (tertiary/aromatic N) is 1. The minimum atomic E-state index is 0.469. The van der Waals surface area contributed by atoms with Gasteiger partial charge in [-0.05, 0) is 24.5 Å². The van der Waals surface area contributed by atoms with E-state index in [1.165, 1.54) is 5.56 Å². The van der Waals surface area contributed by atoms with Crippen molar-refractivity contribution in [2.45, 2.75) is 26.8 Å². The third-order valence-electron chi connectivity index (χ3n) is 2.83. The smallest absolute Gasteiger partial charge is 0.161 e. The van der Waals surface area contributed by atoms with Crippen molar-refractivity contribution in [3.63, 3.8) is 0 Å². The van der Waals surface area contributed by atoms with Gasteiger partial charge in [-0.2, -0.15) is 0 Å². The number of hydrogen-bond acceptors (Lipinski definition) is 3. The number of para-hydroxylation sites is 1. The molecule has 0 radical (unpaired) electrons. The molecule has 3 heteroatoms. The maximum absolute atomic E-state index is 4.69. The van der Waals surface area contributed by atoms with Crippen LogP contribution in [-0.4, -0.2) is 17.0 Å². The van der Waals surface area contributed by atoms with Gasteiger partial charge in [0.15, 0.2) is 5.17 Å². The number of amidine groups is 1. The molecule has 0 saturated heterocycles. The van der Waals surface area contributed by atoms with Crippen molar-refractivity contribution >= 4 is 22.6 Å². The second kappa shape index (κ2) is 4.91. The van der Waals surface area contributed by atoms with Crippen LogP contribution in [-0.2, 0) is 0 Å². The van der Waals surface area contributed by atoms with Crippen LogP contribution in [0.2, 0.25) is 0 Å². The predicted octanol–water partition coefficient (Wildman–Crippen LogP) is 3.53. The second-order valence-corrected chi connectivity index (χ2v) is 5.51. The summed E-state index contributed by atoms with van der Waals surface area (Å²) >= 11 is 1.82. The van der Waals surface area contributed by atoms with Gasteiger partial charge in [-0.1, -0.05) is 43.8 Å². The lowest BCUT2D eigenvalue weighted by molar-refractivity contribution is 0.543. The summed E-state index contributed by atoms with van der Waals surface area (Å²) in [5.41, 5.74) is 2.43. The molecule has 1 heterocycles. The molecule has 1 atom stereocenters. The highest BCUT2D eigenvalue weighted by atomic mass is 32.2. The number of aryl methyl sites for hydroxylation is 1. The van der Waals surface area contributed by atoms with Crippen molar-refractivity contribution in [2.24, 2.45) is 10.9 Å². The van der Waals surface area contributed by atoms with Crippen molar-refractivity contribution in [2.75, 3.05) is 11.1 Å². The van der Waals surface area contributed by atoms with E-state index in [-0.39, 0.29) is 0 Å². The third-order valence-corrected chi connectivity index (χ3v) is 3.82. The predicted molar refractivity (Wildman–Crippen MR) is 73.3 cm³/mol. The van der Waals surface area contributed by atoms with E-state index in [9.17, 15) is 0 Å². The summed E-state index contributed by atoms with van der Waals surface area (Å²) in [4.78, 5) is 4.69. The van der Waals surface area contributed by atoms with Crippen LogP contribution in [0.1, 0.15) is 19.4 Å². The lowest BCUT2D eigenvalue weighted by Gasteiger charge is -2.08. The highest BCUT2D eigenvalue weighted by Gasteiger charge is 2.21. The molecular weight excluding hydrogens is 216 g/mol. The molecule has 0 unspecified atom stereocenters. The summed E-state index contributed by atoms with van der Waals surface area (Å²) in [6.07, 6.45) is 0. The van der Waals surface area contributed by atoms with Crippen LogP contribution in [0, 0.1) is 12.8 Å². The molecule has 0 fully saturated rings. The van der Waals surface area contributed by atoms with E-state index in [0.29, 0.717) is 12.0 Å². The summed E-state index contributed by atoms with van der Waals surface area (Å²) in [5, 5.41) is 4.47. The van der Waals surface area contributed by atoms with Gasteiger partial charge in [-0.3, -0.25) is 4.99 Å². The van der Waals surface area contributed by atoms with Crippen molar-refractivity contribution in [3.8, 4) is 0 Å². The van der Waals surface area contributed by atoms with E-state index in [1.54, 1.807) is 0 Å². The molecule has 0 aliphatic carbocycles. The molecule has 1 N–H and O–H groups in total. The number of aliphatic imine (C=N–C) groups is 1. The Hall–Kier alpha value is -0.960. The first kappa shape index (κ1) is 11.5. The van der Waals surface area contributed by atoms with Gasteiger partial charge in [-0.25, -0.2) is 0 Å². The first-order valence-corrected chi connectivity index (χ1v) is 6.68. The molecule has 0 bridgehead atoms. The Labute approximate surface area is 102 Å². The number of hydrogen-bond donors (Lipinski definition) is 1. The number of anilines is 1. The fourth-order valence-electron chi connectivity index (χ4n) is 1.63. The molecule has 86 valence electrons. The van der Waals surface area contributed by atoms with Crippen LogP contribution in [0.5, 0.6) is 0 Å². The zero-order valence-electron chi connectivity index (χ0n) is 10.0. The van der Waals surface area contributed by atoms with Gasteiger partial charge >= 0.3 is 0 Å². The Balaban J connectivity index is 2.07. The summed E-state index contributed by atoms with van der Waals surface area (Å²) < 4.78 is 0. The van der Waals surface area contributed by atoms with Crippen molar-refractivity contribution < 1.29 is 0 Å². The van der Waals surface area contributed by atoms with E-state index in [0.717, 1.165) is 16.6 Å². The molecular formula is C13H18N2S.